The Kier molecular flexibility index (Phi) is 6.13. The maximum atomic E-state index is 5.54. The molecule has 0 atom stereocenters. The minimum atomic E-state index is 0.569. The summed E-state index contributed by atoms with van der Waals surface area (Å²) < 4.78 is 0. The molecule has 0 bridgehead atoms. The van der Waals surface area contributed by atoms with Crippen molar-refractivity contribution in [3.63, 3.8) is 0 Å². The van der Waals surface area contributed by atoms with Crippen LogP contribution < -0.4 is 11.7 Å². The number of hydrogen-bond donors (Lipinski definition) is 2. The molecule has 0 aliphatic heterocycles. The Labute approximate surface area is 91.5 Å². The lowest BCUT2D eigenvalue weighted by molar-refractivity contribution is 0.537. The van der Waals surface area contributed by atoms with E-state index in [-0.39, 0.29) is 0 Å². The first-order valence-electron chi connectivity index (χ1n) is 4.98. The lowest BCUT2D eigenvalue weighted by Gasteiger charge is -2.13. The molecule has 0 saturated carbocycles. The van der Waals surface area contributed by atoms with Gasteiger partial charge >= 0.3 is 0 Å². The molecule has 0 radical (unpaired) electrons. The van der Waals surface area contributed by atoms with Gasteiger partial charge in [0, 0.05) is 12.6 Å². The second kappa shape index (κ2) is 6.84. The number of rotatable bonds is 1. The average molecular weight is 208 g/mol. The van der Waals surface area contributed by atoms with Gasteiger partial charge in [0.25, 0.3) is 0 Å². The molecule has 0 amide bonds. The van der Waals surface area contributed by atoms with Crippen LogP contribution >= 0.6 is 0 Å². The van der Waals surface area contributed by atoms with Gasteiger partial charge in [0.15, 0.2) is 5.84 Å². The summed E-state index contributed by atoms with van der Waals surface area (Å²) in [6, 6.07) is 7.85. The molecule has 0 heterocycles. The van der Waals surface area contributed by atoms with Crippen molar-refractivity contribution in [3.05, 3.63) is 35.4 Å². The van der Waals surface area contributed by atoms with Crippen molar-refractivity contribution in [2.45, 2.75) is 20.8 Å². The zero-order valence-corrected chi connectivity index (χ0v) is 9.86. The molecule has 1 aromatic rings. The van der Waals surface area contributed by atoms with Crippen LogP contribution in [0.1, 0.15) is 25.0 Å². The maximum Gasteiger partial charge on any atom is 0.169 e. The molecular weight excluding hydrogens is 188 g/mol. The molecule has 4 heteroatoms. The zero-order chi connectivity index (χ0) is 11.8. The Morgan fingerprint density at radius 3 is 2.00 bits per heavy atom. The zero-order valence-electron chi connectivity index (χ0n) is 9.86. The number of amidine groups is 1. The molecule has 84 valence electrons. The van der Waals surface area contributed by atoms with E-state index >= 15 is 0 Å². The van der Waals surface area contributed by atoms with Crippen LogP contribution in [0.2, 0.25) is 0 Å². The summed E-state index contributed by atoms with van der Waals surface area (Å²) in [5.41, 5.74) is 2.11. The van der Waals surface area contributed by atoms with Crippen molar-refractivity contribution in [1.82, 2.24) is 5.01 Å². The second-order valence-corrected chi connectivity index (χ2v) is 2.93. The maximum absolute atomic E-state index is 5.54. The lowest BCUT2D eigenvalue weighted by atomic mass is 10.1. The standard InChI is InChI=1S/C9H14N4.C2H6/c1-7-3-5-8(6-4-7)9(12-10)13(2)11;1-2/h3-6H,10-11H2,1-2H3;1-2H3/b12-9-;. The van der Waals surface area contributed by atoms with Crippen LogP contribution in [0.3, 0.4) is 0 Å². The molecule has 0 fully saturated rings. The van der Waals surface area contributed by atoms with Crippen LogP contribution in [0.5, 0.6) is 0 Å². The Hall–Kier alpha value is -1.55. The SMILES string of the molecule is CC.Cc1ccc(/C(=N/N)N(C)N)cc1. The number of benzene rings is 1. The minimum absolute atomic E-state index is 0.569. The van der Waals surface area contributed by atoms with E-state index in [2.05, 4.69) is 5.10 Å². The number of hydrogen-bond acceptors (Lipinski definition) is 3. The third-order valence-corrected chi connectivity index (χ3v) is 1.77. The quantitative estimate of drug-likeness (QED) is 0.318. The molecule has 0 saturated heterocycles. The molecule has 4 nitrogen and oxygen atoms in total. The Balaban J connectivity index is 0.000000921. The summed E-state index contributed by atoms with van der Waals surface area (Å²) in [5, 5.41) is 5.00. The van der Waals surface area contributed by atoms with E-state index in [9.17, 15) is 0 Å². The Bertz CT molecular complexity index is 301. The van der Waals surface area contributed by atoms with Gasteiger partial charge in [-0.2, -0.15) is 5.10 Å². The second-order valence-electron chi connectivity index (χ2n) is 2.93. The normalized spacial score (nSPS) is 10.3. The lowest BCUT2D eigenvalue weighted by Crippen LogP contribution is -2.34. The highest BCUT2D eigenvalue weighted by molar-refractivity contribution is 5.98. The van der Waals surface area contributed by atoms with Crippen molar-refractivity contribution >= 4 is 5.84 Å². The summed E-state index contributed by atoms with van der Waals surface area (Å²) in [4.78, 5) is 0. The van der Waals surface area contributed by atoms with E-state index in [4.69, 9.17) is 11.7 Å². The molecular formula is C11H20N4. The molecule has 0 aromatic heterocycles. The van der Waals surface area contributed by atoms with E-state index in [1.54, 1.807) is 7.05 Å². The number of nitrogens with zero attached hydrogens (tertiary/aromatic N) is 2. The van der Waals surface area contributed by atoms with Crippen molar-refractivity contribution < 1.29 is 0 Å². The van der Waals surface area contributed by atoms with Gasteiger partial charge in [0.05, 0.1) is 0 Å². The highest BCUT2D eigenvalue weighted by Crippen LogP contribution is 2.04. The summed E-state index contributed by atoms with van der Waals surface area (Å²) in [5.74, 6) is 11.3. The van der Waals surface area contributed by atoms with Crippen LogP contribution in [-0.4, -0.2) is 17.9 Å². The van der Waals surface area contributed by atoms with E-state index < -0.39 is 0 Å². The fraction of sp³-hybridized carbons (Fsp3) is 0.364. The summed E-state index contributed by atoms with van der Waals surface area (Å²) >= 11 is 0. The molecule has 0 aliphatic carbocycles. The van der Waals surface area contributed by atoms with E-state index in [0.29, 0.717) is 5.84 Å². The van der Waals surface area contributed by atoms with Gasteiger partial charge in [-0.1, -0.05) is 43.7 Å². The van der Waals surface area contributed by atoms with Crippen molar-refractivity contribution in [2.24, 2.45) is 16.8 Å². The number of hydrazone groups is 1. The smallest absolute Gasteiger partial charge is 0.169 e. The Morgan fingerprint density at radius 1 is 1.20 bits per heavy atom. The van der Waals surface area contributed by atoms with E-state index in [1.165, 1.54) is 10.6 Å². The van der Waals surface area contributed by atoms with Gasteiger partial charge in [-0.05, 0) is 6.92 Å². The first kappa shape index (κ1) is 13.4. The third kappa shape index (κ3) is 3.99. The van der Waals surface area contributed by atoms with Gasteiger partial charge in [-0.3, -0.25) is 5.01 Å². The van der Waals surface area contributed by atoms with Gasteiger partial charge in [-0.25, -0.2) is 5.84 Å². The van der Waals surface area contributed by atoms with Crippen molar-refractivity contribution in [2.75, 3.05) is 7.05 Å². The summed E-state index contributed by atoms with van der Waals surface area (Å²) in [7, 11) is 1.70. The highest BCUT2D eigenvalue weighted by Gasteiger charge is 2.04. The molecule has 4 N–H and O–H groups in total. The monoisotopic (exact) mass is 208 g/mol. The molecule has 15 heavy (non-hydrogen) atoms. The first-order valence-corrected chi connectivity index (χ1v) is 4.98. The molecule has 1 rings (SSSR count). The third-order valence-electron chi connectivity index (χ3n) is 1.77. The van der Waals surface area contributed by atoms with Gasteiger partial charge in [0.2, 0.25) is 0 Å². The topological polar surface area (TPSA) is 67.6 Å². The van der Waals surface area contributed by atoms with Gasteiger partial charge in [0.1, 0.15) is 0 Å². The van der Waals surface area contributed by atoms with Crippen LogP contribution in [0.4, 0.5) is 0 Å². The van der Waals surface area contributed by atoms with E-state index in [1.807, 2.05) is 45.0 Å². The molecule has 0 spiro atoms. The fourth-order valence-corrected chi connectivity index (χ4v) is 1.07. The largest absolute Gasteiger partial charge is 0.321 e. The van der Waals surface area contributed by atoms with Crippen molar-refractivity contribution in [3.8, 4) is 0 Å². The fourth-order valence-electron chi connectivity index (χ4n) is 1.07. The predicted molar refractivity (Wildman–Crippen MR) is 65.2 cm³/mol. The number of nitrogens with two attached hydrogens (primary N) is 2. The van der Waals surface area contributed by atoms with Gasteiger partial charge in [-0.15, -0.1) is 0 Å². The van der Waals surface area contributed by atoms with Gasteiger partial charge < -0.3 is 5.84 Å². The summed E-state index contributed by atoms with van der Waals surface area (Å²) in [6.07, 6.45) is 0. The van der Waals surface area contributed by atoms with Crippen LogP contribution in [0, 0.1) is 6.92 Å². The number of hydrazine groups is 1. The van der Waals surface area contributed by atoms with Crippen LogP contribution in [0.25, 0.3) is 0 Å². The highest BCUT2D eigenvalue weighted by atomic mass is 15.4. The first-order chi connectivity index (χ1) is 7.15. The predicted octanol–water partition coefficient (Wildman–Crippen LogP) is 1.45. The molecule has 0 aliphatic rings. The molecule has 0 unspecified atom stereocenters. The molecule has 1 aromatic carbocycles. The average Bonchev–Trinajstić information content (AvgIpc) is 2.24. The Morgan fingerprint density at radius 2 is 1.67 bits per heavy atom. The number of aryl methyl sites for hydroxylation is 1. The van der Waals surface area contributed by atoms with E-state index in [0.717, 1.165) is 5.56 Å². The van der Waals surface area contributed by atoms with Crippen LogP contribution in [0.15, 0.2) is 29.4 Å². The summed E-state index contributed by atoms with van der Waals surface area (Å²) in [6.45, 7) is 6.02. The van der Waals surface area contributed by atoms with Crippen molar-refractivity contribution in [1.29, 1.82) is 0 Å². The minimum Gasteiger partial charge on any atom is -0.321 e. The van der Waals surface area contributed by atoms with Crippen LogP contribution in [-0.2, 0) is 0 Å².